The van der Waals surface area contributed by atoms with Crippen LogP contribution in [0.2, 0.25) is 5.02 Å². The molecule has 3 rings (SSSR count). The Balaban J connectivity index is 1.86. The molecule has 0 radical (unpaired) electrons. The maximum absolute atomic E-state index is 12.6. The summed E-state index contributed by atoms with van der Waals surface area (Å²) < 4.78 is 10.7. The van der Waals surface area contributed by atoms with Gasteiger partial charge >= 0.3 is 0 Å². The maximum atomic E-state index is 12.6. The van der Waals surface area contributed by atoms with E-state index < -0.39 is 0 Å². The predicted octanol–water partition coefficient (Wildman–Crippen LogP) is 2.95. The molecule has 0 saturated heterocycles. The molecule has 0 aliphatic carbocycles. The zero-order valence-corrected chi connectivity index (χ0v) is 13.8. The summed E-state index contributed by atoms with van der Waals surface area (Å²) in [7, 11) is 3.22. The number of ether oxygens (including phenoxy) is 2. The van der Waals surface area contributed by atoms with Crippen LogP contribution < -0.4 is 9.47 Å². The van der Waals surface area contributed by atoms with E-state index in [-0.39, 0.29) is 5.91 Å². The molecular formula is C17H17ClN2O3. The average molecular weight is 333 g/mol. The van der Waals surface area contributed by atoms with E-state index in [4.69, 9.17) is 21.1 Å². The molecule has 1 aromatic heterocycles. The monoisotopic (exact) mass is 332 g/mol. The molecule has 23 heavy (non-hydrogen) atoms. The van der Waals surface area contributed by atoms with Crippen LogP contribution in [0.5, 0.6) is 11.5 Å². The normalized spacial score (nSPS) is 13.4. The molecule has 0 atom stereocenters. The minimum Gasteiger partial charge on any atom is -0.493 e. The Labute approximate surface area is 139 Å². The molecule has 0 N–H and O–H groups in total. The summed E-state index contributed by atoms with van der Waals surface area (Å²) in [6.45, 7) is 1.15. The molecule has 1 aliphatic rings. The number of amides is 1. The molecule has 6 heteroatoms. The van der Waals surface area contributed by atoms with Gasteiger partial charge < -0.3 is 14.4 Å². The van der Waals surface area contributed by atoms with Crippen molar-refractivity contribution in [2.24, 2.45) is 0 Å². The Kier molecular flexibility index (Phi) is 4.39. The van der Waals surface area contributed by atoms with Crippen molar-refractivity contribution >= 4 is 17.5 Å². The highest BCUT2D eigenvalue weighted by Gasteiger charge is 2.24. The Bertz CT molecular complexity index is 749. The van der Waals surface area contributed by atoms with Gasteiger partial charge in [-0.15, -0.1) is 0 Å². The zero-order chi connectivity index (χ0) is 16.4. The number of nitrogens with zero attached hydrogens (tertiary/aromatic N) is 2. The van der Waals surface area contributed by atoms with Crippen LogP contribution in [0.25, 0.3) is 0 Å². The first-order chi connectivity index (χ1) is 11.1. The number of hydrogen-bond acceptors (Lipinski definition) is 4. The minimum atomic E-state index is -0.118. The number of carbonyl (C=O) groups excluding carboxylic acids is 1. The van der Waals surface area contributed by atoms with Crippen LogP contribution in [0.15, 0.2) is 30.5 Å². The molecule has 1 aromatic carbocycles. The van der Waals surface area contributed by atoms with E-state index in [2.05, 4.69) is 4.98 Å². The third kappa shape index (κ3) is 3.10. The molecule has 0 unspecified atom stereocenters. The van der Waals surface area contributed by atoms with Crippen LogP contribution >= 0.6 is 11.6 Å². The van der Waals surface area contributed by atoms with E-state index >= 15 is 0 Å². The number of methoxy groups -OCH3 is 2. The molecule has 0 saturated carbocycles. The second-order valence-electron chi connectivity index (χ2n) is 5.31. The lowest BCUT2D eigenvalue weighted by Gasteiger charge is -2.29. The van der Waals surface area contributed by atoms with Crippen molar-refractivity contribution in [2.75, 3.05) is 20.8 Å². The number of benzene rings is 1. The molecule has 0 spiro atoms. The van der Waals surface area contributed by atoms with Gasteiger partial charge in [0.25, 0.3) is 5.91 Å². The summed E-state index contributed by atoms with van der Waals surface area (Å²) in [6, 6.07) is 7.15. The molecule has 120 valence electrons. The van der Waals surface area contributed by atoms with Crippen molar-refractivity contribution in [3.05, 3.63) is 52.3 Å². The summed E-state index contributed by atoms with van der Waals surface area (Å²) in [4.78, 5) is 18.5. The molecule has 0 fully saturated rings. The zero-order valence-electron chi connectivity index (χ0n) is 13.0. The van der Waals surface area contributed by atoms with Crippen molar-refractivity contribution in [1.82, 2.24) is 9.88 Å². The number of aromatic nitrogens is 1. The first kappa shape index (κ1) is 15.6. The quantitative estimate of drug-likeness (QED) is 0.867. The summed E-state index contributed by atoms with van der Waals surface area (Å²) in [5, 5.41) is 0.507. The highest BCUT2D eigenvalue weighted by molar-refractivity contribution is 6.30. The predicted molar refractivity (Wildman–Crippen MR) is 87.2 cm³/mol. The standard InChI is InChI=1S/C17H17ClN2O3/c1-22-15-7-11-4-6-20(10-12(11)8-16(15)23-2)17(21)14-9-13(18)3-5-19-14/h3,5,7-9H,4,6,10H2,1-2H3. The lowest BCUT2D eigenvalue weighted by atomic mass is 9.98. The van der Waals surface area contributed by atoms with E-state index in [0.29, 0.717) is 35.3 Å². The Hall–Kier alpha value is -2.27. The number of pyridine rings is 1. The lowest BCUT2D eigenvalue weighted by molar-refractivity contribution is 0.0728. The van der Waals surface area contributed by atoms with Gasteiger partial charge in [0, 0.05) is 24.3 Å². The fourth-order valence-electron chi connectivity index (χ4n) is 2.74. The molecule has 2 heterocycles. The largest absolute Gasteiger partial charge is 0.493 e. The molecule has 5 nitrogen and oxygen atoms in total. The number of carbonyl (C=O) groups is 1. The van der Waals surface area contributed by atoms with Gasteiger partial charge in [-0.25, -0.2) is 0 Å². The van der Waals surface area contributed by atoms with Crippen LogP contribution in [0.4, 0.5) is 0 Å². The second-order valence-corrected chi connectivity index (χ2v) is 5.75. The summed E-state index contributed by atoms with van der Waals surface area (Å²) in [6.07, 6.45) is 2.31. The van der Waals surface area contributed by atoms with E-state index in [1.165, 1.54) is 5.56 Å². The van der Waals surface area contributed by atoms with Crippen molar-refractivity contribution in [2.45, 2.75) is 13.0 Å². The van der Waals surface area contributed by atoms with Crippen molar-refractivity contribution in [1.29, 1.82) is 0 Å². The fourth-order valence-corrected chi connectivity index (χ4v) is 2.90. The fraction of sp³-hybridized carbons (Fsp3) is 0.294. The maximum Gasteiger partial charge on any atom is 0.272 e. The van der Waals surface area contributed by atoms with Gasteiger partial charge in [0.2, 0.25) is 0 Å². The smallest absolute Gasteiger partial charge is 0.272 e. The summed E-state index contributed by atoms with van der Waals surface area (Å²) in [5.41, 5.74) is 2.59. The first-order valence-corrected chi connectivity index (χ1v) is 7.64. The highest BCUT2D eigenvalue weighted by Crippen LogP contribution is 2.33. The van der Waals surface area contributed by atoms with E-state index in [1.54, 1.807) is 37.4 Å². The van der Waals surface area contributed by atoms with Crippen LogP contribution in [0.3, 0.4) is 0 Å². The Morgan fingerprint density at radius 2 is 1.87 bits per heavy atom. The number of rotatable bonds is 3. The van der Waals surface area contributed by atoms with Gasteiger partial charge in [-0.05, 0) is 41.8 Å². The lowest BCUT2D eigenvalue weighted by Crippen LogP contribution is -2.36. The van der Waals surface area contributed by atoms with E-state index in [9.17, 15) is 4.79 Å². The SMILES string of the molecule is COc1cc2c(cc1OC)CN(C(=O)c1cc(Cl)ccn1)CC2. The number of hydrogen-bond donors (Lipinski definition) is 0. The van der Waals surface area contributed by atoms with Crippen LogP contribution in [0, 0.1) is 0 Å². The van der Waals surface area contributed by atoms with E-state index in [0.717, 1.165) is 12.0 Å². The van der Waals surface area contributed by atoms with Crippen molar-refractivity contribution in [3.8, 4) is 11.5 Å². The van der Waals surface area contributed by atoms with Crippen LogP contribution in [-0.2, 0) is 13.0 Å². The first-order valence-electron chi connectivity index (χ1n) is 7.27. The van der Waals surface area contributed by atoms with Gasteiger partial charge in [0.1, 0.15) is 5.69 Å². The Morgan fingerprint density at radius 1 is 1.17 bits per heavy atom. The number of halogens is 1. The molecule has 2 aromatic rings. The third-order valence-corrected chi connectivity index (χ3v) is 4.18. The average Bonchev–Trinajstić information content (AvgIpc) is 2.59. The van der Waals surface area contributed by atoms with Gasteiger partial charge in [0.15, 0.2) is 11.5 Å². The van der Waals surface area contributed by atoms with Gasteiger partial charge in [-0.3, -0.25) is 9.78 Å². The second kappa shape index (κ2) is 6.46. The summed E-state index contributed by atoms with van der Waals surface area (Å²) in [5.74, 6) is 1.26. The Morgan fingerprint density at radius 3 is 2.52 bits per heavy atom. The summed E-state index contributed by atoms with van der Waals surface area (Å²) >= 11 is 5.94. The molecule has 0 bridgehead atoms. The van der Waals surface area contributed by atoms with Crippen molar-refractivity contribution < 1.29 is 14.3 Å². The molecular weight excluding hydrogens is 316 g/mol. The van der Waals surface area contributed by atoms with Gasteiger partial charge in [-0.1, -0.05) is 11.6 Å². The highest BCUT2D eigenvalue weighted by atomic mass is 35.5. The molecule has 1 aliphatic heterocycles. The van der Waals surface area contributed by atoms with Gasteiger partial charge in [-0.2, -0.15) is 0 Å². The third-order valence-electron chi connectivity index (χ3n) is 3.95. The van der Waals surface area contributed by atoms with E-state index in [1.807, 2.05) is 12.1 Å². The topological polar surface area (TPSA) is 51.7 Å². The minimum absolute atomic E-state index is 0.118. The van der Waals surface area contributed by atoms with Gasteiger partial charge in [0.05, 0.1) is 14.2 Å². The van der Waals surface area contributed by atoms with Crippen LogP contribution in [-0.4, -0.2) is 36.6 Å². The van der Waals surface area contributed by atoms with Crippen molar-refractivity contribution in [3.63, 3.8) is 0 Å². The number of fused-ring (bicyclic) bond motifs is 1. The van der Waals surface area contributed by atoms with Crippen LogP contribution in [0.1, 0.15) is 21.6 Å². The molecule has 1 amide bonds.